The summed E-state index contributed by atoms with van der Waals surface area (Å²) < 4.78 is 0. The van der Waals surface area contributed by atoms with Gasteiger partial charge in [0.05, 0.1) is 0 Å². The van der Waals surface area contributed by atoms with Gasteiger partial charge < -0.3 is 15.1 Å². The largest absolute Gasteiger partial charge is 0.339 e. The Bertz CT molecular complexity index is 593. The van der Waals surface area contributed by atoms with Crippen LogP contribution in [-0.2, 0) is 9.59 Å². The fourth-order valence-corrected chi connectivity index (χ4v) is 2.98. The maximum Gasteiger partial charge on any atom is 0.240 e. The van der Waals surface area contributed by atoms with Gasteiger partial charge in [0, 0.05) is 36.9 Å². The zero-order valence-electron chi connectivity index (χ0n) is 12.6. The molecule has 1 N–H and O–H groups in total. The first kappa shape index (κ1) is 15.3. The molecule has 0 atom stereocenters. The van der Waals surface area contributed by atoms with Crippen LogP contribution in [-0.4, -0.2) is 54.8 Å². The number of anilines is 1. The van der Waals surface area contributed by atoms with Crippen LogP contribution in [0.15, 0.2) is 24.3 Å². The van der Waals surface area contributed by atoms with Crippen LogP contribution in [0, 0.1) is 5.41 Å². The lowest BCUT2D eigenvalue weighted by Gasteiger charge is -2.34. The minimum Gasteiger partial charge on any atom is -0.339 e. The summed E-state index contributed by atoms with van der Waals surface area (Å²) in [7, 11) is 2.04. The Balaban J connectivity index is 1.67. The average molecular weight is 322 g/mol. The molecule has 22 heavy (non-hydrogen) atoms. The number of nitrogens with zero attached hydrogens (tertiary/aromatic N) is 2. The molecule has 1 saturated heterocycles. The number of halogens is 1. The van der Waals surface area contributed by atoms with Crippen LogP contribution in [0.25, 0.3) is 0 Å². The molecule has 0 spiro atoms. The number of piperazine rings is 1. The summed E-state index contributed by atoms with van der Waals surface area (Å²) in [5.74, 6) is -0.237. The van der Waals surface area contributed by atoms with Crippen molar-refractivity contribution in [3.8, 4) is 0 Å². The van der Waals surface area contributed by atoms with E-state index >= 15 is 0 Å². The Hall–Kier alpha value is -1.59. The maximum atomic E-state index is 12.7. The molecule has 118 valence electrons. The van der Waals surface area contributed by atoms with Gasteiger partial charge in [-0.15, -0.1) is 0 Å². The monoisotopic (exact) mass is 321 g/mol. The average Bonchev–Trinajstić information content (AvgIpc) is 3.29. The van der Waals surface area contributed by atoms with Gasteiger partial charge in [-0.3, -0.25) is 9.59 Å². The zero-order chi connectivity index (χ0) is 15.7. The lowest BCUT2D eigenvalue weighted by Crippen LogP contribution is -2.51. The number of hydrogen-bond acceptors (Lipinski definition) is 3. The van der Waals surface area contributed by atoms with E-state index in [1.54, 1.807) is 24.3 Å². The molecule has 6 heteroatoms. The molecule has 3 rings (SSSR count). The van der Waals surface area contributed by atoms with Crippen molar-refractivity contribution in [2.75, 3.05) is 38.5 Å². The number of carbonyl (C=O) groups excluding carboxylic acids is 2. The highest BCUT2D eigenvalue weighted by molar-refractivity contribution is 6.31. The summed E-state index contributed by atoms with van der Waals surface area (Å²) in [6.07, 6.45) is 1.26. The van der Waals surface area contributed by atoms with Crippen LogP contribution < -0.4 is 5.32 Å². The standard InChI is InChI=1S/C16H20ClN3O2/c1-19-7-9-20(10-8-19)15(22)16(5-6-16)14(21)18-13-4-2-3-12(17)11-13/h2-4,11H,5-10H2,1H3,(H,18,21). The number of likely N-dealkylation sites (N-methyl/N-ethyl adjacent to an activating group) is 1. The van der Waals surface area contributed by atoms with Crippen molar-refractivity contribution < 1.29 is 9.59 Å². The van der Waals surface area contributed by atoms with Gasteiger partial charge in [-0.25, -0.2) is 0 Å². The van der Waals surface area contributed by atoms with E-state index in [1.165, 1.54) is 0 Å². The Morgan fingerprint density at radius 1 is 1.18 bits per heavy atom. The van der Waals surface area contributed by atoms with Gasteiger partial charge in [0.2, 0.25) is 11.8 Å². The highest BCUT2D eigenvalue weighted by atomic mass is 35.5. The van der Waals surface area contributed by atoms with Gasteiger partial charge in [0.1, 0.15) is 5.41 Å². The van der Waals surface area contributed by atoms with Crippen molar-refractivity contribution in [2.45, 2.75) is 12.8 Å². The third kappa shape index (κ3) is 2.96. The second-order valence-electron chi connectivity index (χ2n) is 6.14. The molecule has 2 aliphatic rings. The van der Waals surface area contributed by atoms with Crippen LogP contribution in [0.1, 0.15) is 12.8 Å². The molecule has 1 aliphatic carbocycles. The molecule has 0 unspecified atom stereocenters. The van der Waals surface area contributed by atoms with Crippen molar-refractivity contribution in [2.24, 2.45) is 5.41 Å². The van der Waals surface area contributed by atoms with Crippen LogP contribution in [0.4, 0.5) is 5.69 Å². The van der Waals surface area contributed by atoms with E-state index in [0.717, 1.165) is 13.1 Å². The smallest absolute Gasteiger partial charge is 0.240 e. The number of benzene rings is 1. The summed E-state index contributed by atoms with van der Waals surface area (Å²) in [5.41, 5.74) is -0.229. The summed E-state index contributed by atoms with van der Waals surface area (Å²) >= 11 is 5.93. The minimum atomic E-state index is -0.863. The van der Waals surface area contributed by atoms with Crippen molar-refractivity contribution in [3.63, 3.8) is 0 Å². The Morgan fingerprint density at radius 2 is 1.86 bits per heavy atom. The second kappa shape index (κ2) is 5.89. The van der Waals surface area contributed by atoms with Crippen LogP contribution in [0.5, 0.6) is 0 Å². The number of hydrogen-bond donors (Lipinski definition) is 1. The molecule has 0 bridgehead atoms. The quantitative estimate of drug-likeness (QED) is 0.864. The molecule has 1 aliphatic heterocycles. The van der Waals surface area contributed by atoms with E-state index in [2.05, 4.69) is 10.2 Å². The molecule has 0 radical (unpaired) electrons. The second-order valence-corrected chi connectivity index (χ2v) is 6.58. The van der Waals surface area contributed by atoms with Crippen LogP contribution in [0.2, 0.25) is 5.02 Å². The molecule has 0 aromatic heterocycles. The SMILES string of the molecule is CN1CCN(C(=O)C2(C(=O)Nc3cccc(Cl)c3)CC2)CC1. The molecule has 1 saturated carbocycles. The summed E-state index contributed by atoms with van der Waals surface area (Å²) in [6.45, 7) is 3.11. The number of carbonyl (C=O) groups is 2. The highest BCUT2D eigenvalue weighted by Gasteiger charge is 2.58. The Labute approximate surface area is 135 Å². The van der Waals surface area contributed by atoms with Crippen molar-refractivity contribution in [1.82, 2.24) is 9.80 Å². The van der Waals surface area contributed by atoms with Gasteiger partial charge >= 0.3 is 0 Å². The predicted molar refractivity (Wildman–Crippen MR) is 85.8 cm³/mol. The number of rotatable bonds is 3. The molecular formula is C16H20ClN3O2. The summed E-state index contributed by atoms with van der Waals surface area (Å²) in [6, 6.07) is 7.00. The predicted octanol–water partition coefficient (Wildman–Crippen LogP) is 1.83. The van der Waals surface area contributed by atoms with Gasteiger partial charge in [-0.2, -0.15) is 0 Å². The van der Waals surface area contributed by atoms with Crippen molar-refractivity contribution in [3.05, 3.63) is 29.3 Å². The topological polar surface area (TPSA) is 52.7 Å². The van der Waals surface area contributed by atoms with Crippen molar-refractivity contribution >= 4 is 29.1 Å². The number of amides is 2. The van der Waals surface area contributed by atoms with Gasteiger partial charge in [0.25, 0.3) is 0 Å². The molecule has 1 aromatic rings. The fourth-order valence-electron chi connectivity index (χ4n) is 2.79. The third-order valence-corrected chi connectivity index (χ3v) is 4.70. The molecular weight excluding hydrogens is 302 g/mol. The lowest BCUT2D eigenvalue weighted by molar-refractivity contribution is -0.143. The first-order chi connectivity index (χ1) is 10.5. The Kier molecular flexibility index (Phi) is 4.10. The van der Waals surface area contributed by atoms with Gasteiger partial charge in [-0.1, -0.05) is 17.7 Å². The fraction of sp³-hybridized carbons (Fsp3) is 0.500. The minimum absolute atomic E-state index is 0.0277. The summed E-state index contributed by atoms with van der Waals surface area (Å²) in [4.78, 5) is 29.3. The molecule has 5 nitrogen and oxygen atoms in total. The number of nitrogens with one attached hydrogen (secondary N) is 1. The van der Waals surface area contributed by atoms with Gasteiger partial charge in [-0.05, 0) is 38.1 Å². The first-order valence-electron chi connectivity index (χ1n) is 7.56. The van der Waals surface area contributed by atoms with E-state index in [0.29, 0.717) is 36.6 Å². The highest BCUT2D eigenvalue weighted by Crippen LogP contribution is 2.48. The van der Waals surface area contributed by atoms with Crippen molar-refractivity contribution in [1.29, 1.82) is 0 Å². The first-order valence-corrected chi connectivity index (χ1v) is 7.94. The maximum absolute atomic E-state index is 12.7. The van der Waals surface area contributed by atoms with E-state index in [9.17, 15) is 9.59 Å². The summed E-state index contributed by atoms with van der Waals surface area (Å²) in [5, 5.41) is 3.40. The normalized spacial score (nSPS) is 20.5. The molecule has 1 heterocycles. The molecule has 2 amide bonds. The molecule has 2 fully saturated rings. The van der Waals surface area contributed by atoms with E-state index in [4.69, 9.17) is 11.6 Å². The van der Waals surface area contributed by atoms with Crippen LogP contribution in [0.3, 0.4) is 0 Å². The van der Waals surface area contributed by atoms with E-state index in [-0.39, 0.29) is 11.8 Å². The van der Waals surface area contributed by atoms with E-state index < -0.39 is 5.41 Å². The lowest BCUT2D eigenvalue weighted by atomic mass is 10.0. The molecule has 1 aromatic carbocycles. The third-order valence-electron chi connectivity index (χ3n) is 4.47. The zero-order valence-corrected chi connectivity index (χ0v) is 13.4. The van der Waals surface area contributed by atoms with Gasteiger partial charge in [0.15, 0.2) is 0 Å². The van der Waals surface area contributed by atoms with E-state index in [1.807, 2.05) is 11.9 Å². The Morgan fingerprint density at radius 3 is 2.45 bits per heavy atom. The van der Waals surface area contributed by atoms with Crippen LogP contribution >= 0.6 is 11.6 Å².